The Bertz CT molecular complexity index is 800. The first kappa shape index (κ1) is 18.2. The van der Waals surface area contributed by atoms with Crippen LogP contribution in [0, 0.1) is 23.5 Å². The van der Waals surface area contributed by atoms with Crippen LogP contribution < -0.4 is 9.47 Å². The van der Waals surface area contributed by atoms with Gasteiger partial charge < -0.3 is 14.2 Å². The van der Waals surface area contributed by atoms with Crippen LogP contribution in [0.4, 0.5) is 8.78 Å². The van der Waals surface area contributed by atoms with E-state index in [-0.39, 0.29) is 11.3 Å². The molecular weight excluding hydrogens is 338 g/mol. The highest BCUT2D eigenvalue weighted by atomic mass is 19.2. The molecular formula is C21H20F2O3. The van der Waals surface area contributed by atoms with Crippen molar-refractivity contribution in [1.29, 1.82) is 0 Å². The van der Waals surface area contributed by atoms with Crippen molar-refractivity contribution in [1.82, 2.24) is 0 Å². The second kappa shape index (κ2) is 8.68. The Balaban J connectivity index is 1.74. The Morgan fingerprint density at radius 1 is 1.04 bits per heavy atom. The second-order valence-corrected chi connectivity index (χ2v) is 5.86. The molecule has 136 valence electrons. The molecule has 0 N–H and O–H groups in total. The average molecular weight is 358 g/mol. The fourth-order valence-corrected chi connectivity index (χ4v) is 2.61. The summed E-state index contributed by atoms with van der Waals surface area (Å²) in [5, 5.41) is 0. The lowest BCUT2D eigenvalue weighted by Gasteiger charge is -2.23. The molecule has 3 rings (SSSR count). The molecule has 1 heterocycles. The summed E-state index contributed by atoms with van der Waals surface area (Å²) in [7, 11) is 0. The highest BCUT2D eigenvalue weighted by Crippen LogP contribution is 2.25. The first-order valence-electron chi connectivity index (χ1n) is 8.68. The van der Waals surface area contributed by atoms with E-state index in [2.05, 4.69) is 11.8 Å². The van der Waals surface area contributed by atoms with Crippen molar-refractivity contribution < 1.29 is 23.0 Å². The van der Waals surface area contributed by atoms with Gasteiger partial charge in [-0.1, -0.05) is 11.8 Å². The molecule has 0 bridgehead atoms. The largest absolute Gasteiger partial charge is 0.494 e. The first-order valence-corrected chi connectivity index (χ1v) is 8.68. The quantitative estimate of drug-likeness (QED) is 0.744. The van der Waals surface area contributed by atoms with E-state index in [9.17, 15) is 8.78 Å². The van der Waals surface area contributed by atoms with Gasteiger partial charge in [0, 0.05) is 12.0 Å². The van der Waals surface area contributed by atoms with Crippen LogP contribution in [0.2, 0.25) is 0 Å². The van der Waals surface area contributed by atoms with E-state index in [1.807, 2.05) is 6.92 Å². The molecule has 1 aliphatic rings. The van der Waals surface area contributed by atoms with E-state index in [0.717, 1.165) is 18.6 Å². The lowest BCUT2D eigenvalue weighted by atomic mass is 10.1. The first-order chi connectivity index (χ1) is 12.7. The van der Waals surface area contributed by atoms with Gasteiger partial charge in [-0.25, -0.2) is 4.39 Å². The normalized spacial score (nSPS) is 16.5. The van der Waals surface area contributed by atoms with Gasteiger partial charge in [-0.05, 0) is 56.2 Å². The Labute approximate surface area is 151 Å². The topological polar surface area (TPSA) is 27.7 Å². The third-order valence-electron chi connectivity index (χ3n) is 3.95. The van der Waals surface area contributed by atoms with Crippen LogP contribution in [0.15, 0.2) is 36.4 Å². The molecule has 26 heavy (non-hydrogen) atoms. The number of ether oxygens (including phenoxy) is 3. The lowest BCUT2D eigenvalue weighted by molar-refractivity contribution is -0.107. The molecule has 0 radical (unpaired) electrons. The Hall–Kier alpha value is -2.58. The van der Waals surface area contributed by atoms with Crippen molar-refractivity contribution in [2.75, 3.05) is 13.2 Å². The maximum atomic E-state index is 14.3. The fraction of sp³-hybridized carbons (Fsp3) is 0.333. The summed E-state index contributed by atoms with van der Waals surface area (Å²) in [5.41, 5.74) is 0.664. The van der Waals surface area contributed by atoms with E-state index in [4.69, 9.17) is 14.2 Å². The van der Waals surface area contributed by atoms with Gasteiger partial charge in [0.25, 0.3) is 0 Å². The van der Waals surface area contributed by atoms with Crippen molar-refractivity contribution in [3.05, 3.63) is 59.2 Å². The molecule has 0 spiro atoms. The van der Waals surface area contributed by atoms with Crippen LogP contribution in [0.3, 0.4) is 0 Å². The van der Waals surface area contributed by atoms with Crippen LogP contribution >= 0.6 is 0 Å². The maximum Gasteiger partial charge on any atom is 0.202 e. The van der Waals surface area contributed by atoms with Gasteiger partial charge in [0.2, 0.25) is 5.82 Å². The van der Waals surface area contributed by atoms with Gasteiger partial charge >= 0.3 is 0 Å². The van der Waals surface area contributed by atoms with Gasteiger partial charge in [-0.2, -0.15) is 4.39 Å². The monoisotopic (exact) mass is 358 g/mol. The van der Waals surface area contributed by atoms with Crippen molar-refractivity contribution in [2.24, 2.45) is 0 Å². The molecule has 0 aromatic heterocycles. The molecule has 0 amide bonds. The smallest absolute Gasteiger partial charge is 0.202 e. The third kappa shape index (κ3) is 4.53. The molecule has 1 unspecified atom stereocenters. The van der Waals surface area contributed by atoms with Gasteiger partial charge in [0.15, 0.2) is 17.9 Å². The van der Waals surface area contributed by atoms with Crippen LogP contribution in [-0.4, -0.2) is 19.5 Å². The minimum Gasteiger partial charge on any atom is -0.494 e. The van der Waals surface area contributed by atoms with E-state index in [1.54, 1.807) is 24.3 Å². The zero-order chi connectivity index (χ0) is 18.4. The van der Waals surface area contributed by atoms with Crippen molar-refractivity contribution in [3.63, 3.8) is 0 Å². The summed E-state index contributed by atoms with van der Waals surface area (Å²) in [5.74, 6) is 4.01. The van der Waals surface area contributed by atoms with Gasteiger partial charge in [-0.3, -0.25) is 0 Å². The molecule has 2 aromatic carbocycles. The summed E-state index contributed by atoms with van der Waals surface area (Å²) in [6.07, 6.45) is 2.04. The highest BCUT2D eigenvalue weighted by molar-refractivity contribution is 5.46. The van der Waals surface area contributed by atoms with Crippen LogP contribution in [0.1, 0.15) is 37.3 Å². The zero-order valence-electron chi connectivity index (χ0n) is 14.6. The number of hydrogen-bond donors (Lipinski definition) is 0. The molecule has 5 heteroatoms. The van der Waals surface area contributed by atoms with E-state index in [1.165, 1.54) is 12.1 Å². The predicted octanol–water partition coefficient (Wildman–Crippen LogP) is 4.67. The number of halogens is 2. The van der Waals surface area contributed by atoms with E-state index < -0.39 is 17.9 Å². The number of rotatable bonds is 4. The minimum atomic E-state index is -1.04. The summed E-state index contributed by atoms with van der Waals surface area (Å²) in [6, 6.07) is 9.90. The minimum absolute atomic E-state index is 0.0201. The van der Waals surface area contributed by atoms with E-state index >= 15 is 0 Å². The molecule has 0 aliphatic carbocycles. The molecule has 3 nitrogen and oxygen atoms in total. The predicted molar refractivity (Wildman–Crippen MR) is 94.2 cm³/mol. The summed E-state index contributed by atoms with van der Waals surface area (Å²) in [6.45, 7) is 3.05. The molecule has 1 aliphatic heterocycles. The summed E-state index contributed by atoms with van der Waals surface area (Å²) < 4.78 is 44.7. The van der Waals surface area contributed by atoms with Gasteiger partial charge in [0.05, 0.1) is 18.8 Å². The number of hydrogen-bond acceptors (Lipinski definition) is 3. The summed E-state index contributed by atoms with van der Waals surface area (Å²) in [4.78, 5) is 0. The average Bonchev–Trinajstić information content (AvgIpc) is 2.67. The standard InChI is InChI=1S/C21H20F2O3/c1-2-24-17-11-7-15(8-12-17)6-9-16-10-13-18(21(23)20(16)22)26-19-5-3-4-14-25-19/h7-8,10-13,19H,2-5,14H2,1H3. The Kier molecular flexibility index (Phi) is 6.08. The Morgan fingerprint density at radius 3 is 2.54 bits per heavy atom. The Morgan fingerprint density at radius 2 is 1.85 bits per heavy atom. The highest BCUT2D eigenvalue weighted by Gasteiger charge is 2.20. The fourth-order valence-electron chi connectivity index (χ4n) is 2.61. The number of benzene rings is 2. The molecule has 2 aromatic rings. The summed E-state index contributed by atoms with van der Waals surface area (Å²) >= 11 is 0. The van der Waals surface area contributed by atoms with Gasteiger partial charge in [-0.15, -0.1) is 0 Å². The molecule has 1 fully saturated rings. The SMILES string of the molecule is CCOc1ccc(C#Cc2ccc(OC3CCCCO3)c(F)c2F)cc1. The van der Waals surface area contributed by atoms with Gasteiger partial charge in [0.1, 0.15) is 5.75 Å². The third-order valence-corrected chi connectivity index (χ3v) is 3.95. The molecule has 1 saturated heterocycles. The van der Waals surface area contributed by atoms with Crippen LogP contribution in [0.5, 0.6) is 11.5 Å². The molecule has 0 saturated carbocycles. The van der Waals surface area contributed by atoms with Crippen molar-refractivity contribution in [2.45, 2.75) is 32.5 Å². The van der Waals surface area contributed by atoms with E-state index in [0.29, 0.717) is 25.2 Å². The zero-order valence-corrected chi connectivity index (χ0v) is 14.6. The van der Waals surface area contributed by atoms with Crippen LogP contribution in [0.25, 0.3) is 0 Å². The maximum absolute atomic E-state index is 14.3. The second-order valence-electron chi connectivity index (χ2n) is 5.86. The lowest BCUT2D eigenvalue weighted by Crippen LogP contribution is -2.25. The van der Waals surface area contributed by atoms with Crippen LogP contribution in [-0.2, 0) is 4.74 Å². The van der Waals surface area contributed by atoms with Crippen molar-refractivity contribution in [3.8, 4) is 23.3 Å². The van der Waals surface area contributed by atoms with Crippen molar-refractivity contribution >= 4 is 0 Å². The molecule has 1 atom stereocenters.